The molecule has 6 heteroatoms. The quantitative estimate of drug-likeness (QED) is 0.836. The Labute approximate surface area is 107 Å². The van der Waals surface area contributed by atoms with Gasteiger partial charge in [0.2, 0.25) is 0 Å². The van der Waals surface area contributed by atoms with Crippen molar-refractivity contribution in [1.82, 2.24) is 0 Å². The number of rotatable bonds is 3. The van der Waals surface area contributed by atoms with E-state index < -0.39 is 17.5 Å². The highest BCUT2D eigenvalue weighted by atomic mass is 19.1. The molecule has 4 nitrogen and oxygen atoms in total. The Morgan fingerprint density at radius 1 is 1.05 bits per heavy atom. The van der Waals surface area contributed by atoms with E-state index in [1.165, 1.54) is 18.2 Å². The second-order valence-electron chi connectivity index (χ2n) is 3.80. The van der Waals surface area contributed by atoms with Crippen LogP contribution in [0.3, 0.4) is 0 Å². The molecule has 0 aliphatic carbocycles. The Morgan fingerprint density at radius 2 is 1.74 bits per heavy atom. The number of primary amides is 1. The minimum Gasteiger partial charge on any atom is -0.453 e. The van der Waals surface area contributed by atoms with E-state index in [-0.39, 0.29) is 17.1 Å². The molecule has 0 aliphatic heterocycles. The fourth-order valence-corrected chi connectivity index (χ4v) is 1.51. The fourth-order valence-electron chi connectivity index (χ4n) is 1.51. The fraction of sp³-hybridized carbons (Fsp3) is 0. The highest BCUT2D eigenvalue weighted by Crippen LogP contribution is 2.29. The van der Waals surface area contributed by atoms with E-state index in [0.29, 0.717) is 11.8 Å². The normalized spacial score (nSPS) is 10.2. The van der Waals surface area contributed by atoms with Gasteiger partial charge >= 0.3 is 0 Å². The molecule has 2 aromatic rings. The maximum Gasteiger partial charge on any atom is 0.252 e. The van der Waals surface area contributed by atoms with Crippen LogP contribution in [0.25, 0.3) is 0 Å². The van der Waals surface area contributed by atoms with Crippen molar-refractivity contribution in [1.29, 1.82) is 0 Å². The zero-order chi connectivity index (χ0) is 14.0. The second-order valence-corrected chi connectivity index (χ2v) is 3.80. The van der Waals surface area contributed by atoms with Crippen LogP contribution in [0.15, 0.2) is 36.4 Å². The zero-order valence-electron chi connectivity index (χ0n) is 9.69. The summed E-state index contributed by atoms with van der Waals surface area (Å²) in [6, 6.07) is 7.02. The second kappa shape index (κ2) is 4.93. The lowest BCUT2D eigenvalue weighted by molar-refractivity contribution is 0.0998. The van der Waals surface area contributed by atoms with Crippen LogP contribution in [0.4, 0.5) is 14.5 Å². The number of hydrogen-bond acceptors (Lipinski definition) is 3. The summed E-state index contributed by atoms with van der Waals surface area (Å²) < 4.78 is 31.4. The maximum absolute atomic E-state index is 13.4. The average Bonchev–Trinajstić information content (AvgIpc) is 2.34. The molecule has 2 rings (SSSR count). The molecule has 2 aromatic carbocycles. The summed E-state index contributed by atoms with van der Waals surface area (Å²) in [5.41, 5.74) is 11.0. The largest absolute Gasteiger partial charge is 0.453 e. The Balaban J connectivity index is 2.40. The van der Waals surface area contributed by atoms with Gasteiger partial charge in [0.05, 0.1) is 5.56 Å². The molecule has 1 amide bonds. The summed E-state index contributed by atoms with van der Waals surface area (Å²) in [7, 11) is 0. The molecule has 0 bridgehead atoms. The average molecular weight is 264 g/mol. The third-order valence-electron chi connectivity index (χ3n) is 2.38. The molecule has 0 aliphatic rings. The van der Waals surface area contributed by atoms with Crippen molar-refractivity contribution in [3.63, 3.8) is 0 Å². The zero-order valence-corrected chi connectivity index (χ0v) is 9.69. The van der Waals surface area contributed by atoms with Gasteiger partial charge in [0.15, 0.2) is 11.6 Å². The molecule has 0 unspecified atom stereocenters. The molecule has 0 atom stereocenters. The van der Waals surface area contributed by atoms with Crippen molar-refractivity contribution in [2.75, 3.05) is 5.73 Å². The summed E-state index contributed by atoms with van der Waals surface area (Å²) in [6.45, 7) is 0. The summed E-state index contributed by atoms with van der Waals surface area (Å²) >= 11 is 0. The van der Waals surface area contributed by atoms with Crippen molar-refractivity contribution in [2.24, 2.45) is 5.73 Å². The van der Waals surface area contributed by atoms with Gasteiger partial charge in [0, 0.05) is 11.8 Å². The summed E-state index contributed by atoms with van der Waals surface area (Å²) in [5.74, 6) is -2.53. The highest BCUT2D eigenvalue weighted by molar-refractivity contribution is 5.96. The van der Waals surface area contributed by atoms with Crippen LogP contribution < -0.4 is 16.2 Å². The molecule has 0 radical (unpaired) electrons. The van der Waals surface area contributed by atoms with Crippen LogP contribution in [0.1, 0.15) is 10.4 Å². The van der Waals surface area contributed by atoms with Gasteiger partial charge in [-0.15, -0.1) is 0 Å². The Morgan fingerprint density at radius 3 is 2.37 bits per heavy atom. The lowest BCUT2D eigenvalue weighted by Crippen LogP contribution is -2.12. The molecule has 0 heterocycles. The first-order valence-electron chi connectivity index (χ1n) is 5.29. The number of halogens is 2. The van der Waals surface area contributed by atoms with Crippen LogP contribution in [0, 0.1) is 11.6 Å². The minimum absolute atomic E-state index is 0.0173. The summed E-state index contributed by atoms with van der Waals surface area (Å²) in [4.78, 5) is 11.2. The van der Waals surface area contributed by atoms with Crippen molar-refractivity contribution in [3.05, 3.63) is 53.6 Å². The van der Waals surface area contributed by atoms with Crippen molar-refractivity contribution >= 4 is 11.6 Å². The van der Waals surface area contributed by atoms with Crippen LogP contribution in [0.5, 0.6) is 11.5 Å². The van der Waals surface area contributed by atoms with E-state index in [1.54, 1.807) is 0 Å². The molecule has 0 saturated heterocycles. The van der Waals surface area contributed by atoms with Gasteiger partial charge in [-0.2, -0.15) is 0 Å². The monoisotopic (exact) mass is 264 g/mol. The van der Waals surface area contributed by atoms with Gasteiger partial charge in [-0.1, -0.05) is 0 Å². The number of ether oxygens (including phenoxy) is 1. The first kappa shape index (κ1) is 12.8. The van der Waals surface area contributed by atoms with Gasteiger partial charge in [-0.05, 0) is 30.3 Å². The SMILES string of the molecule is NC(=O)c1cc(N)ccc1Oc1ccc(F)cc1F. The molecule has 4 N–H and O–H groups in total. The number of hydrogen-bond donors (Lipinski definition) is 2. The van der Waals surface area contributed by atoms with Gasteiger partial charge in [0.25, 0.3) is 5.91 Å². The number of carbonyl (C=O) groups is 1. The first-order valence-corrected chi connectivity index (χ1v) is 5.29. The maximum atomic E-state index is 13.4. The van der Waals surface area contributed by atoms with Crippen LogP contribution >= 0.6 is 0 Å². The topological polar surface area (TPSA) is 78.3 Å². The van der Waals surface area contributed by atoms with E-state index in [1.807, 2.05) is 0 Å². The first-order chi connectivity index (χ1) is 8.97. The molecule has 98 valence electrons. The number of anilines is 1. The number of benzene rings is 2. The Bertz CT molecular complexity index is 645. The van der Waals surface area contributed by atoms with E-state index in [2.05, 4.69) is 0 Å². The lowest BCUT2D eigenvalue weighted by atomic mass is 10.1. The predicted molar refractivity (Wildman–Crippen MR) is 65.8 cm³/mol. The van der Waals surface area contributed by atoms with E-state index in [9.17, 15) is 13.6 Å². The van der Waals surface area contributed by atoms with Crippen molar-refractivity contribution in [3.8, 4) is 11.5 Å². The van der Waals surface area contributed by atoms with E-state index in [4.69, 9.17) is 16.2 Å². The number of carbonyl (C=O) groups excluding carboxylic acids is 1. The highest BCUT2D eigenvalue weighted by Gasteiger charge is 2.13. The number of nitrogens with two attached hydrogens (primary N) is 2. The van der Waals surface area contributed by atoms with Gasteiger partial charge in [-0.3, -0.25) is 4.79 Å². The van der Waals surface area contributed by atoms with E-state index >= 15 is 0 Å². The Kier molecular flexibility index (Phi) is 3.33. The van der Waals surface area contributed by atoms with Gasteiger partial charge in [-0.25, -0.2) is 8.78 Å². The third kappa shape index (κ3) is 2.79. The van der Waals surface area contributed by atoms with Crippen LogP contribution in [0.2, 0.25) is 0 Å². The summed E-state index contributed by atoms with van der Waals surface area (Å²) in [5, 5.41) is 0. The van der Waals surface area contributed by atoms with E-state index in [0.717, 1.165) is 12.1 Å². The third-order valence-corrected chi connectivity index (χ3v) is 2.38. The molecule has 0 fully saturated rings. The molecular weight excluding hydrogens is 254 g/mol. The van der Waals surface area contributed by atoms with Crippen LogP contribution in [-0.2, 0) is 0 Å². The van der Waals surface area contributed by atoms with Crippen LogP contribution in [-0.4, -0.2) is 5.91 Å². The number of amides is 1. The Hall–Kier alpha value is -2.63. The van der Waals surface area contributed by atoms with Crippen molar-refractivity contribution < 1.29 is 18.3 Å². The summed E-state index contributed by atoms with van der Waals surface area (Å²) in [6.07, 6.45) is 0. The lowest BCUT2D eigenvalue weighted by Gasteiger charge is -2.10. The molecule has 0 saturated carbocycles. The van der Waals surface area contributed by atoms with Crippen molar-refractivity contribution in [2.45, 2.75) is 0 Å². The number of nitrogen functional groups attached to an aromatic ring is 1. The molecule has 0 aromatic heterocycles. The smallest absolute Gasteiger partial charge is 0.252 e. The van der Waals surface area contributed by atoms with Gasteiger partial charge in [0.1, 0.15) is 11.6 Å². The minimum atomic E-state index is -0.882. The predicted octanol–water partition coefficient (Wildman–Crippen LogP) is 2.44. The molecule has 0 spiro atoms. The molecular formula is C13H10F2N2O2. The standard InChI is InChI=1S/C13H10F2N2O2/c14-7-1-3-12(10(15)5-7)19-11-4-2-8(16)6-9(11)13(17)18/h1-6H,16H2,(H2,17,18). The molecule has 19 heavy (non-hydrogen) atoms. The van der Waals surface area contributed by atoms with Gasteiger partial charge < -0.3 is 16.2 Å².